The first-order valence-electron chi connectivity index (χ1n) is 10.8. The molecule has 0 amide bonds. The van der Waals surface area contributed by atoms with Gasteiger partial charge in [0.25, 0.3) is 0 Å². The van der Waals surface area contributed by atoms with E-state index in [-0.39, 0.29) is 24.9 Å². The maximum absolute atomic E-state index is 13.1. The summed E-state index contributed by atoms with van der Waals surface area (Å²) in [6, 6.07) is 27.4. The van der Waals surface area contributed by atoms with E-state index in [2.05, 4.69) is 0 Å². The van der Waals surface area contributed by atoms with Crippen LogP contribution in [0, 0.1) is 0 Å². The lowest BCUT2D eigenvalue weighted by molar-refractivity contribution is -0.179. The van der Waals surface area contributed by atoms with Gasteiger partial charge in [-0.15, -0.1) is 0 Å². The van der Waals surface area contributed by atoms with Gasteiger partial charge in [-0.1, -0.05) is 72.8 Å². The van der Waals surface area contributed by atoms with Gasteiger partial charge in [0.2, 0.25) is 0 Å². The van der Waals surface area contributed by atoms with Crippen molar-refractivity contribution in [3.63, 3.8) is 0 Å². The van der Waals surface area contributed by atoms with E-state index < -0.39 is 12.2 Å². The molecule has 1 saturated heterocycles. The summed E-state index contributed by atoms with van der Waals surface area (Å²) in [6.07, 6.45) is -1.23. The minimum absolute atomic E-state index is 0.0290. The van der Waals surface area contributed by atoms with Crippen LogP contribution in [0.15, 0.2) is 84.9 Å². The van der Waals surface area contributed by atoms with E-state index >= 15 is 0 Å². The minimum atomic E-state index is -0.666. The van der Waals surface area contributed by atoms with E-state index in [0.717, 1.165) is 22.4 Å². The Morgan fingerprint density at radius 2 is 1.47 bits per heavy atom. The number of ketones is 1. The van der Waals surface area contributed by atoms with Crippen molar-refractivity contribution in [2.45, 2.75) is 37.9 Å². The third-order valence-electron chi connectivity index (χ3n) is 5.53. The molecular formula is C27H28O5. The number of hydrogen-bond donors (Lipinski definition) is 0. The lowest BCUT2D eigenvalue weighted by Crippen LogP contribution is -2.46. The van der Waals surface area contributed by atoms with Crippen molar-refractivity contribution in [2.75, 3.05) is 13.7 Å². The quantitative estimate of drug-likeness (QED) is 0.482. The summed E-state index contributed by atoms with van der Waals surface area (Å²) in [6.45, 7) is 1.07. The molecule has 3 aromatic carbocycles. The number of Topliss-reactive ketones (excluding diaryl/α,β-unsaturated/α-hetero) is 1. The molecule has 1 aliphatic heterocycles. The molecule has 1 heterocycles. The zero-order valence-corrected chi connectivity index (χ0v) is 18.2. The largest absolute Gasteiger partial charge is 0.497 e. The first-order chi connectivity index (χ1) is 15.7. The lowest BCUT2D eigenvalue weighted by Gasteiger charge is -2.35. The smallest absolute Gasteiger partial charge is 0.167 e. The van der Waals surface area contributed by atoms with Crippen molar-refractivity contribution < 1.29 is 23.7 Å². The maximum atomic E-state index is 13.1. The van der Waals surface area contributed by atoms with Crippen molar-refractivity contribution in [3.8, 4) is 5.75 Å². The molecule has 0 radical (unpaired) electrons. The molecule has 1 aliphatic rings. The highest BCUT2D eigenvalue weighted by atomic mass is 16.6. The van der Waals surface area contributed by atoms with E-state index in [4.69, 9.17) is 18.9 Å². The Bertz CT molecular complexity index is 972. The van der Waals surface area contributed by atoms with Gasteiger partial charge in [-0.3, -0.25) is 4.79 Å². The first kappa shape index (κ1) is 22.2. The third kappa shape index (κ3) is 5.82. The van der Waals surface area contributed by atoms with Gasteiger partial charge >= 0.3 is 0 Å². The van der Waals surface area contributed by atoms with E-state index in [1.54, 1.807) is 7.11 Å². The summed E-state index contributed by atoms with van der Waals surface area (Å²) in [7, 11) is 1.63. The van der Waals surface area contributed by atoms with Gasteiger partial charge in [0, 0.05) is 6.42 Å². The van der Waals surface area contributed by atoms with Crippen molar-refractivity contribution >= 4 is 5.78 Å². The molecule has 32 heavy (non-hydrogen) atoms. The summed E-state index contributed by atoms with van der Waals surface area (Å²) in [5.74, 6) is 0.795. The van der Waals surface area contributed by atoms with E-state index in [1.165, 1.54) is 0 Å². The highest BCUT2D eigenvalue weighted by molar-refractivity contribution is 5.85. The molecule has 3 atom stereocenters. The predicted octanol–water partition coefficient (Wildman–Crippen LogP) is 4.90. The molecule has 5 nitrogen and oxygen atoms in total. The van der Waals surface area contributed by atoms with E-state index in [9.17, 15) is 4.79 Å². The molecule has 5 heteroatoms. The molecule has 0 aromatic heterocycles. The number of methoxy groups -OCH3 is 1. The van der Waals surface area contributed by atoms with Crippen molar-refractivity contribution in [1.29, 1.82) is 0 Å². The summed E-state index contributed by atoms with van der Waals surface area (Å²) >= 11 is 0. The number of benzene rings is 3. The molecule has 166 valence electrons. The van der Waals surface area contributed by atoms with Crippen LogP contribution >= 0.6 is 0 Å². The summed E-state index contributed by atoms with van der Waals surface area (Å²) < 4.78 is 23.6. The van der Waals surface area contributed by atoms with Crippen LogP contribution in [0.3, 0.4) is 0 Å². The molecule has 0 aliphatic carbocycles. The molecule has 0 saturated carbocycles. The van der Waals surface area contributed by atoms with Crippen LogP contribution < -0.4 is 4.74 Å². The highest BCUT2D eigenvalue weighted by Gasteiger charge is 2.39. The maximum Gasteiger partial charge on any atom is 0.167 e. The minimum Gasteiger partial charge on any atom is -0.497 e. The van der Waals surface area contributed by atoms with Gasteiger partial charge in [-0.25, -0.2) is 0 Å². The first-order valence-corrected chi connectivity index (χ1v) is 10.8. The second-order valence-electron chi connectivity index (χ2n) is 7.82. The lowest BCUT2D eigenvalue weighted by atomic mass is 9.95. The summed E-state index contributed by atoms with van der Waals surface area (Å²) in [4.78, 5) is 13.1. The highest BCUT2D eigenvalue weighted by Crippen LogP contribution is 2.32. The van der Waals surface area contributed by atoms with Crippen molar-refractivity contribution in [2.24, 2.45) is 0 Å². The number of rotatable bonds is 9. The monoisotopic (exact) mass is 432 g/mol. The van der Waals surface area contributed by atoms with Crippen LogP contribution in [-0.4, -0.2) is 31.7 Å². The van der Waals surface area contributed by atoms with E-state index in [0.29, 0.717) is 13.2 Å². The Morgan fingerprint density at radius 1 is 0.844 bits per heavy atom. The SMILES string of the molecule is COc1ccc([C@@H]2CC(=O)[C@H](OCc3ccccc3)[C@@H](COCc3ccccc3)O2)cc1. The fraction of sp³-hybridized carbons (Fsp3) is 0.296. The Kier molecular flexibility index (Phi) is 7.67. The second-order valence-corrected chi connectivity index (χ2v) is 7.82. The van der Waals surface area contributed by atoms with Crippen LogP contribution in [0.5, 0.6) is 5.75 Å². The Labute approximate surface area is 188 Å². The van der Waals surface area contributed by atoms with Crippen LogP contribution in [0.1, 0.15) is 29.2 Å². The number of ether oxygens (including phenoxy) is 4. The number of carbonyl (C=O) groups excluding carboxylic acids is 1. The van der Waals surface area contributed by atoms with Crippen LogP contribution in [0.2, 0.25) is 0 Å². The summed E-state index contributed by atoms with van der Waals surface area (Å²) in [5.41, 5.74) is 3.03. The van der Waals surface area contributed by atoms with Crippen molar-refractivity contribution in [1.82, 2.24) is 0 Å². The molecule has 0 unspecified atom stereocenters. The third-order valence-corrected chi connectivity index (χ3v) is 5.53. The zero-order chi connectivity index (χ0) is 22.2. The van der Waals surface area contributed by atoms with E-state index in [1.807, 2.05) is 84.9 Å². The molecule has 3 aromatic rings. The summed E-state index contributed by atoms with van der Waals surface area (Å²) in [5, 5.41) is 0. The number of carbonyl (C=O) groups is 1. The standard InChI is InChI=1S/C27H28O5/c1-29-23-14-12-22(13-15-23)25-16-24(28)27(31-18-21-10-6-3-7-11-21)26(32-25)19-30-17-20-8-4-2-5-9-20/h2-15,25-27H,16-19H2,1H3/t25-,26+,27-/m0/s1. The average Bonchev–Trinajstić information content (AvgIpc) is 2.85. The fourth-order valence-corrected chi connectivity index (χ4v) is 3.81. The Morgan fingerprint density at radius 3 is 2.09 bits per heavy atom. The van der Waals surface area contributed by atoms with Gasteiger partial charge in [-0.2, -0.15) is 0 Å². The molecule has 0 N–H and O–H groups in total. The van der Waals surface area contributed by atoms with Gasteiger partial charge in [0.1, 0.15) is 18.0 Å². The Balaban J connectivity index is 1.45. The van der Waals surface area contributed by atoms with Gasteiger partial charge in [-0.05, 0) is 28.8 Å². The van der Waals surface area contributed by atoms with Gasteiger partial charge in [0.15, 0.2) is 5.78 Å². The molecular weight excluding hydrogens is 404 g/mol. The van der Waals surface area contributed by atoms with Gasteiger partial charge < -0.3 is 18.9 Å². The Hall–Kier alpha value is -2.99. The van der Waals surface area contributed by atoms with Crippen LogP contribution in [0.4, 0.5) is 0 Å². The molecule has 4 rings (SSSR count). The average molecular weight is 433 g/mol. The van der Waals surface area contributed by atoms with Crippen LogP contribution in [0.25, 0.3) is 0 Å². The fourth-order valence-electron chi connectivity index (χ4n) is 3.81. The molecule has 0 bridgehead atoms. The molecule has 1 fully saturated rings. The predicted molar refractivity (Wildman–Crippen MR) is 121 cm³/mol. The zero-order valence-electron chi connectivity index (χ0n) is 18.2. The normalized spacial score (nSPS) is 20.8. The topological polar surface area (TPSA) is 54.0 Å². The van der Waals surface area contributed by atoms with Gasteiger partial charge in [0.05, 0.1) is 33.0 Å². The molecule has 0 spiro atoms. The van der Waals surface area contributed by atoms with Crippen molar-refractivity contribution in [3.05, 3.63) is 102 Å². The second kappa shape index (κ2) is 11.0. The van der Waals surface area contributed by atoms with Crippen LogP contribution in [-0.2, 0) is 32.2 Å². The number of hydrogen-bond acceptors (Lipinski definition) is 5.